The van der Waals surface area contributed by atoms with Gasteiger partial charge in [0.25, 0.3) is 0 Å². The zero-order valence-electron chi connectivity index (χ0n) is 9.71. The van der Waals surface area contributed by atoms with Crippen LogP contribution in [0.5, 0.6) is 0 Å². The minimum absolute atomic E-state index is 0.376. The number of aromatic nitrogens is 2. The third-order valence-corrected chi connectivity index (χ3v) is 2.41. The predicted molar refractivity (Wildman–Crippen MR) is 67.6 cm³/mol. The second-order valence-corrected chi connectivity index (χ2v) is 5.60. The molecule has 0 spiro atoms. The molecule has 0 radical (unpaired) electrons. The van der Waals surface area contributed by atoms with Crippen LogP contribution in [0.1, 0.15) is 31.7 Å². The van der Waals surface area contributed by atoms with Gasteiger partial charge < -0.3 is 5.32 Å². The zero-order chi connectivity index (χ0) is 11.4. The number of anilines is 1. The first kappa shape index (κ1) is 12.4. The van der Waals surface area contributed by atoms with Crippen LogP contribution in [0.4, 0.5) is 5.95 Å². The second kappa shape index (κ2) is 5.45. The van der Waals surface area contributed by atoms with Crippen LogP contribution in [0.15, 0.2) is 6.07 Å². The van der Waals surface area contributed by atoms with E-state index in [2.05, 4.69) is 45.1 Å². The molecule has 1 heterocycles. The Kier molecular flexibility index (Phi) is 4.51. The third kappa shape index (κ3) is 4.60. The molecule has 1 aromatic rings. The fourth-order valence-corrected chi connectivity index (χ4v) is 2.12. The molecule has 84 valence electrons. The van der Waals surface area contributed by atoms with E-state index < -0.39 is 0 Å². The topological polar surface area (TPSA) is 37.8 Å². The lowest BCUT2D eigenvalue weighted by Gasteiger charge is -2.15. The molecule has 0 fully saturated rings. The molecule has 15 heavy (non-hydrogen) atoms. The van der Waals surface area contributed by atoms with Gasteiger partial charge in [0.05, 0.1) is 0 Å². The molecule has 0 aliphatic rings. The first-order valence-corrected chi connectivity index (χ1v) is 6.12. The van der Waals surface area contributed by atoms with E-state index in [9.17, 15) is 0 Å². The summed E-state index contributed by atoms with van der Waals surface area (Å²) in [7, 11) is 0. The SMILES string of the molecule is Cc1cc(C)nc(NC(C)CC(C)Br)n1. The van der Waals surface area contributed by atoms with Gasteiger partial charge in [0, 0.05) is 22.3 Å². The highest BCUT2D eigenvalue weighted by atomic mass is 79.9. The van der Waals surface area contributed by atoms with E-state index in [-0.39, 0.29) is 0 Å². The van der Waals surface area contributed by atoms with Gasteiger partial charge in [-0.2, -0.15) is 0 Å². The summed E-state index contributed by atoms with van der Waals surface area (Å²) >= 11 is 3.54. The van der Waals surface area contributed by atoms with Crippen molar-refractivity contribution in [3.05, 3.63) is 17.5 Å². The van der Waals surface area contributed by atoms with Crippen LogP contribution < -0.4 is 5.32 Å². The van der Waals surface area contributed by atoms with Gasteiger partial charge in [0.15, 0.2) is 0 Å². The Labute approximate surface area is 99.8 Å². The third-order valence-electron chi connectivity index (χ3n) is 2.04. The summed E-state index contributed by atoms with van der Waals surface area (Å²) in [6.07, 6.45) is 1.05. The van der Waals surface area contributed by atoms with Crippen molar-refractivity contribution in [2.75, 3.05) is 5.32 Å². The first-order valence-electron chi connectivity index (χ1n) is 5.20. The number of aryl methyl sites for hydroxylation is 2. The van der Waals surface area contributed by atoms with Gasteiger partial charge in [0.1, 0.15) is 0 Å². The number of hydrogen-bond donors (Lipinski definition) is 1. The van der Waals surface area contributed by atoms with Crippen LogP contribution in [0.3, 0.4) is 0 Å². The summed E-state index contributed by atoms with van der Waals surface area (Å²) in [6.45, 7) is 8.24. The number of rotatable bonds is 4. The van der Waals surface area contributed by atoms with Gasteiger partial charge in [-0.25, -0.2) is 9.97 Å². The summed E-state index contributed by atoms with van der Waals surface area (Å²) in [5.41, 5.74) is 2.01. The van der Waals surface area contributed by atoms with Crippen molar-refractivity contribution in [2.24, 2.45) is 0 Å². The lowest BCUT2D eigenvalue weighted by Crippen LogP contribution is -2.20. The average Bonchev–Trinajstić information content (AvgIpc) is 1.98. The van der Waals surface area contributed by atoms with Crippen molar-refractivity contribution in [3.8, 4) is 0 Å². The van der Waals surface area contributed by atoms with Gasteiger partial charge in [0.2, 0.25) is 5.95 Å². The molecule has 0 saturated heterocycles. The molecular weight excluding hydrogens is 254 g/mol. The minimum Gasteiger partial charge on any atom is -0.352 e. The molecule has 1 N–H and O–H groups in total. The molecule has 0 bridgehead atoms. The van der Waals surface area contributed by atoms with E-state index in [0.29, 0.717) is 10.9 Å². The van der Waals surface area contributed by atoms with Crippen molar-refractivity contribution in [1.29, 1.82) is 0 Å². The largest absolute Gasteiger partial charge is 0.352 e. The van der Waals surface area contributed by atoms with Crippen LogP contribution in [-0.4, -0.2) is 20.8 Å². The highest BCUT2D eigenvalue weighted by Gasteiger charge is 2.07. The maximum atomic E-state index is 4.34. The van der Waals surface area contributed by atoms with E-state index in [1.54, 1.807) is 0 Å². The summed E-state index contributed by atoms with van der Waals surface area (Å²) < 4.78 is 0. The normalized spacial score (nSPS) is 14.7. The Morgan fingerprint density at radius 3 is 2.27 bits per heavy atom. The molecule has 2 unspecified atom stereocenters. The summed E-state index contributed by atoms with van der Waals surface area (Å²) in [4.78, 5) is 9.19. The van der Waals surface area contributed by atoms with Crippen molar-refractivity contribution >= 4 is 21.9 Å². The maximum Gasteiger partial charge on any atom is 0.223 e. The van der Waals surface area contributed by atoms with Gasteiger partial charge in [-0.05, 0) is 33.3 Å². The number of alkyl halides is 1. The van der Waals surface area contributed by atoms with Crippen LogP contribution in [0.25, 0.3) is 0 Å². The molecule has 2 atom stereocenters. The molecule has 0 aliphatic carbocycles. The predicted octanol–water partition coefficient (Wildman–Crippen LogP) is 3.07. The van der Waals surface area contributed by atoms with Gasteiger partial charge in [-0.15, -0.1) is 0 Å². The van der Waals surface area contributed by atoms with Crippen molar-refractivity contribution < 1.29 is 0 Å². The molecule has 4 heteroatoms. The molecular formula is C11H18BrN3. The first-order chi connectivity index (χ1) is 6.97. The summed E-state index contributed by atoms with van der Waals surface area (Å²) in [6, 6.07) is 2.35. The van der Waals surface area contributed by atoms with Crippen molar-refractivity contribution in [1.82, 2.24) is 9.97 Å². The van der Waals surface area contributed by atoms with Gasteiger partial charge >= 0.3 is 0 Å². The molecule has 0 aliphatic heterocycles. The monoisotopic (exact) mass is 271 g/mol. The Morgan fingerprint density at radius 2 is 1.80 bits per heavy atom. The fourth-order valence-electron chi connectivity index (χ4n) is 1.56. The average molecular weight is 272 g/mol. The number of hydrogen-bond acceptors (Lipinski definition) is 3. The lowest BCUT2D eigenvalue weighted by molar-refractivity contribution is 0.699. The Morgan fingerprint density at radius 1 is 1.27 bits per heavy atom. The van der Waals surface area contributed by atoms with E-state index in [1.165, 1.54) is 0 Å². The van der Waals surface area contributed by atoms with Gasteiger partial charge in [-0.1, -0.05) is 22.9 Å². The number of nitrogens with zero attached hydrogens (tertiary/aromatic N) is 2. The Bertz CT molecular complexity index is 305. The van der Waals surface area contributed by atoms with Gasteiger partial charge in [-0.3, -0.25) is 0 Å². The minimum atomic E-state index is 0.376. The molecule has 0 aromatic carbocycles. The molecule has 1 rings (SSSR count). The Balaban J connectivity index is 2.63. The van der Waals surface area contributed by atoms with E-state index in [0.717, 1.165) is 23.8 Å². The standard InChI is InChI=1S/C11H18BrN3/c1-7(12)5-8(2)13-11-14-9(3)6-10(4)15-11/h6-8H,5H2,1-4H3,(H,13,14,15). The Hall–Kier alpha value is -0.640. The van der Waals surface area contributed by atoms with Crippen LogP contribution in [0, 0.1) is 13.8 Å². The number of nitrogens with one attached hydrogen (secondary N) is 1. The summed E-state index contributed by atoms with van der Waals surface area (Å²) in [5, 5.41) is 3.30. The molecule has 3 nitrogen and oxygen atoms in total. The van der Waals surface area contributed by atoms with Crippen LogP contribution in [0.2, 0.25) is 0 Å². The van der Waals surface area contributed by atoms with E-state index >= 15 is 0 Å². The number of halogens is 1. The second-order valence-electron chi connectivity index (χ2n) is 4.04. The molecule has 0 saturated carbocycles. The highest BCUT2D eigenvalue weighted by Crippen LogP contribution is 2.11. The maximum absolute atomic E-state index is 4.34. The van der Waals surface area contributed by atoms with Crippen LogP contribution >= 0.6 is 15.9 Å². The lowest BCUT2D eigenvalue weighted by atomic mass is 10.2. The van der Waals surface area contributed by atoms with Crippen LogP contribution in [-0.2, 0) is 0 Å². The highest BCUT2D eigenvalue weighted by molar-refractivity contribution is 9.09. The zero-order valence-corrected chi connectivity index (χ0v) is 11.3. The van der Waals surface area contributed by atoms with Crippen molar-refractivity contribution in [2.45, 2.75) is 45.0 Å². The quantitative estimate of drug-likeness (QED) is 0.856. The van der Waals surface area contributed by atoms with E-state index in [4.69, 9.17) is 0 Å². The fraction of sp³-hybridized carbons (Fsp3) is 0.636. The van der Waals surface area contributed by atoms with Crippen molar-refractivity contribution in [3.63, 3.8) is 0 Å². The smallest absolute Gasteiger partial charge is 0.223 e. The molecule has 1 aromatic heterocycles. The van der Waals surface area contributed by atoms with E-state index in [1.807, 2.05) is 19.9 Å². The molecule has 0 amide bonds. The summed E-state index contributed by atoms with van der Waals surface area (Å²) in [5.74, 6) is 0.730.